The second-order valence-electron chi connectivity index (χ2n) is 6.49. The van der Waals surface area contributed by atoms with Crippen LogP contribution in [0, 0.1) is 0 Å². The average molecular weight is 334 g/mol. The van der Waals surface area contributed by atoms with Crippen LogP contribution in [0.25, 0.3) is 0 Å². The van der Waals surface area contributed by atoms with E-state index in [4.69, 9.17) is 0 Å². The van der Waals surface area contributed by atoms with Crippen LogP contribution in [0.1, 0.15) is 37.5 Å². The van der Waals surface area contributed by atoms with Crippen molar-refractivity contribution in [2.75, 3.05) is 36.0 Å². The summed E-state index contributed by atoms with van der Waals surface area (Å²) in [5.74, 6) is 2.49. The molecule has 1 saturated heterocycles. The highest BCUT2D eigenvalue weighted by molar-refractivity contribution is 7.99. The maximum Gasteiger partial charge on any atom is 0.226 e. The molecule has 0 spiro atoms. The van der Waals surface area contributed by atoms with Gasteiger partial charge in [-0.15, -0.1) is 0 Å². The van der Waals surface area contributed by atoms with Gasteiger partial charge in [-0.25, -0.2) is 0 Å². The number of anilines is 1. The number of rotatable bonds is 4. The van der Waals surface area contributed by atoms with Crippen molar-refractivity contribution < 1.29 is 9.90 Å². The highest BCUT2D eigenvalue weighted by atomic mass is 32.2. The summed E-state index contributed by atoms with van der Waals surface area (Å²) in [6.45, 7) is 6.81. The molecule has 4 nitrogen and oxygen atoms in total. The quantitative estimate of drug-likeness (QED) is 0.919. The van der Waals surface area contributed by atoms with Crippen molar-refractivity contribution in [1.82, 2.24) is 4.90 Å². The third-order valence-corrected chi connectivity index (χ3v) is 5.75. The molecule has 2 aliphatic rings. The maximum atomic E-state index is 12.1. The van der Waals surface area contributed by atoms with E-state index in [2.05, 4.69) is 17.9 Å². The first-order valence-corrected chi connectivity index (χ1v) is 9.68. The Labute approximate surface area is 142 Å². The topological polar surface area (TPSA) is 43.8 Å². The number of carbonyl (C=O) groups is 1. The van der Waals surface area contributed by atoms with Gasteiger partial charge in [-0.1, -0.05) is 19.1 Å². The van der Waals surface area contributed by atoms with Crippen LogP contribution < -0.4 is 4.90 Å². The van der Waals surface area contributed by atoms with Crippen LogP contribution in [0.5, 0.6) is 0 Å². The molecule has 23 heavy (non-hydrogen) atoms. The van der Waals surface area contributed by atoms with E-state index in [9.17, 15) is 9.90 Å². The van der Waals surface area contributed by atoms with Gasteiger partial charge >= 0.3 is 0 Å². The Morgan fingerprint density at radius 3 is 2.83 bits per heavy atom. The molecule has 126 valence electrons. The summed E-state index contributed by atoms with van der Waals surface area (Å²) in [4.78, 5) is 16.4. The number of aliphatic hydroxyl groups is 1. The number of nitrogens with zero attached hydrogens (tertiary/aromatic N) is 2. The smallest absolute Gasteiger partial charge is 0.226 e. The van der Waals surface area contributed by atoms with Crippen molar-refractivity contribution in [3.63, 3.8) is 0 Å². The normalized spacial score (nSPS) is 22.9. The molecule has 0 aromatic heterocycles. The van der Waals surface area contributed by atoms with Crippen molar-refractivity contribution in [1.29, 1.82) is 0 Å². The van der Waals surface area contributed by atoms with Crippen LogP contribution in [0.2, 0.25) is 0 Å². The van der Waals surface area contributed by atoms with E-state index in [0.29, 0.717) is 13.0 Å². The molecule has 0 saturated carbocycles. The second-order valence-corrected chi connectivity index (χ2v) is 7.71. The van der Waals surface area contributed by atoms with Gasteiger partial charge in [0.25, 0.3) is 0 Å². The molecule has 2 aliphatic heterocycles. The van der Waals surface area contributed by atoms with Crippen LogP contribution in [0.3, 0.4) is 0 Å². The molecule has 0 radical (unpaired) electrons. The fourth-order valence-corrected chi connectivity index (χ4v) is 4.52. The summed E-state index contributed by atoms with van der Waals surface area (Å²) in [5.41, 5.74) is 3.18. The minimum atomic E-state index is -0.449. The standard InChI is InChI=1S/C18H26N2O2S/c1-3-18(22)20-13(2)10-15-11-14(4-5-16(15)20)17(21)12-19-6-8-23-9-7-19/h4-5,11,13,17,21H,3,6-10,12H2,1-2H3. The summed E-state index contributed by atoms with van der Waals surface area (Å²) in [6, 6.07) is 6.30. The number of hydrogen-bond donors (Lipinski definition) is 1. The zero-order chi connectivity index (χ0) is 16.4. The molecule has 1 fully saturated rings. The molecule has 2 heterocycles. The predicted molar refractivity (Wildman–Crippen MR) is 96.1 cm³/mol. The number of benzene rings is 1. The third-order valence-electron chi connectivity index (χ3n) is 4.81. The van der Waals surface area contributed by atoms with Gasteiger partial charge in [0.1, 0.15) is 0 Å². The highest BCUT2D eigenvalue weighted by Crippen LogP contribution is 2.34. The molecule has 1 amide bonds. The highest BCUT2D eigenvalue weighted by Gasteiger charge is 2.30. The molecule has 1 N–H and O–H groups in total. The van der Waals surface area contributed by atoms with Crippen molar-refractivity contribution in [3.8, 4) is 0 Å². The number of thioether (sulfide) groups is 1. The number of hydrogen-bond acceptors (Lipinski definition) is 4. The molecule has 0 bridgehead atoms. The van der Waals surface area contributed by atoms with E-state index in [0.717, 1.165) is 42.3 Å². The molecule has 1 aromatic rings. The monoisotopic (exact) mass is 334 g/mol. The molecule has 3 rings (SSSR count). The predicted octanol–water partition coefficient (Wildman–Crippen LogP) is 2.46. The minimum absolute atomic E-state index is 0.176. The summed E-state index contributed by atoms with van der Waals surface area (Å²) in [7, 11) is 0. The van der Waals surface area contributed by atoms with E-state index in [1.165, 1.54) is 5.56 Å². The molecular formula is C18H26N2O2S. The first-order chi connectivity index (χ1) is 11.1. The van der Waals surface area contributed by atoms with Gasteiger partial charge < -0.3 is 10.0 Å². The Morgan fingerprint density at radius 2 is 2.13 bits per heavy atom. The maximum absolute atomic E-state index is 12.1. The molecule has 2 unspecified atom stereocenters. The minimum Gasteiger partial charge on any atom is -0.387 e. The number of aliphatic hydroxyl groups excluding tert-OH is 1. The Balaban J connectivity index is 1.73. The van der Waals surface area contributed by atoms with Crippen LogP contribution >= 0.6 is 11.8 Å². The van der Waals surface area contributed by atoms with E-state index in [1.807, 2.05) is 35.7 Å². The lowest BCUT2D eigenvalue weighted by Crippen LogP contribution is -2.35. The lowest BCUT2D eigenvalue weighted by molar-refractivity contribution is -0.118. The zero-order valence-electron chi connectivity index (χ0n) is 14.0. The van der Waals surface area contributed by atoms with Gasteiger partial charge in [-0.3, -0.25) is 9.69 Å². The molecular weight excluding hydrogens is 308 g/mol. The third kappa shape index (κ3) is 3.57. The summed E-state index contributed by atoms with van der Waals surface area (Å²) in [5, 5.41) is 10.6. The Kier molecular flexibility index (Phi) is 5.29. The van der Waals surface area contributed by atoms with Gasteiger partial charge in [0, 0.05) is 49.3 Å². The second kappa shape index (κ2) is 7.24. The van der Waals surface area contributed by atoms with E-state index >= 15 is 0 Å². The Morgan fingerprint density at radius 1 is 1.39 bits per heavy atom. The SMILES string of the molecule is CCC(=O)N1c2ccc(C(O)CN3CCSCC3)cc2CC1C. The number of β-amino-alcohol motifs (C(OH)–C–C–N with tert-alkyl or cyclic N) is 1. The summed E-state index contributed by atoms with van der Waals surface area (Å²) >= 11 is 1.98. The number of carbonyl (C=O) groups excluding carboxylic acids is 1. The fraction of sp³-hybridized carbons (Fsp3) is 0.611. The molecule has 1 aromatic carbocycles. The fourth-order valence-electron chi connectivity index (χ4n) is 3.54. The van der Waals surface area contributed by atoms with Crippen LogP contribution in [-0.2, 0) is 11.2 Å². The average Bonchev–Trinajstić information content (AvgIpc) is 2.90. The first-order valence-electron chi connectivity index (χ1n) is 8.53. The van der Waals surface area contributed by atoms with Crippen LogP contribution in [0.15, 0.2) is 18.2 Å². The zero-order valence-corrected chi connectivity index (χ0v) is 14.8. The van der Waals surface area contributed by atoms with Crippen molar-refractivity contribution in [3.05, 3.63) is 29.3 Å². The lowest BCUT2D eigenvalue weighted by atomic mass is 10.0. The Bertz CT molecular complexity index is 572. The molecule has 0 aliphatic carbocycles. The van der Waals surface area contributed by atoms with Crippen molar-refractivity contribution in [2.24, 2.45) is 0 Å². The van der Waals surface area contributed by atoms with Crippen LogP contribution in [-0.4, -0.2) is 53.1 Å². The summed E-state index contributed by atoms with van der Waals surface area (Å²) in [6.07, 6.45) is 0.956. The van der Waals surface area contributed by atoms with Gasteiger partial charge in [0.2, 0.25) is 5.91 Å². The van der Waals surface area contributed by atoms with E-state index < -0.39 is 6.10 Å². The van der Waals surface area contributed by atoms with Crippen LogP contribution in [0.4, 0.5) is 5.69 Å². The van der Waals surface area contributed by atoms with Gasteiger partial charge in [-0.2, -0.15) is 11.8 Å². The first kappa shape index (κ1) is 16.8. The van der Waals surface area contributed by atoms with Crippen molar-refractivity contribution >= 4 is 23.4 Å². The molecule has 5 heteroatoms. The van der Waals surface area contributed by atoms with Gasteiger partial charge in [0.05, 0.1) is 6.10 Å². The largest absolute Gasteiger partial charge is 0.387 e. The van der Waals surface area contributed by atoms with Gasteiger partial charge in [0.15, 0.2) is 0 Å². The number of amides is 1. The van der Waals surface area contributed by atoms with E-state index in [1.54, 1.807) is 0 Å². The summed E-state index contributed by atoms with van der Waals surface area (Å²) < 4.78 is 0. The Hall–Kier alpha value is -1.04. The van der Waals surface area contributed by atoms with E-state index in [-0.39, 0.29) is 11.9 Å². The lowest BCUT2D eigenvalue weighted by Gasteiger charge is -2.28. The number of fused-ring (bicyclic) bond motifs is 1. The van der Waals surface area contributed by atoms with Crippen molar-refractivity contribution in [2.45, 2.75) is 38.8 Å². The molecule has 2 atom stereocenters. The van der Waals surface area contributed by atoms with Gasteiger partial charge in [-0.05, 0) is 30.5 Å².